The summed E-state index contributed by atoms with van der Waals surface area (Å²) in [4.78, 5) is 18.0. The average Bonchev–Trinajstić information content (AvgIpc) is 3.23. The first-order chi connectivity index (χ1) is 12.8. The summed E-state index contributed by atoms with van der Waals surface area (Å²) in [6.45, 7) is -0.0178. The van der Waals surface area contributed by atoms with Crippen LogP contribution in [0.3, 0.4) is 0 Å². The fourth-order valence-corrected chi connectivity index (χ4v) is 4.21. The SMILES string of the molecule is O=C(COc1ccccc1Cc1ccccc1)Nc1nc2c(s1)CCC2. The summed E-state index contributed by atoms with van der Waals surface area (Å²) in [5.41, 5.74) is 3.42. The third-order valence-electron chi connectivity index (χ3n) is 4.41. The summed E-state index contributed by atoms with van der Waals surface area (Å²) < 4.78 is 5.79. The Morgan fingerprint density at radius 2 is 1.88 bits per heavy atom. The molecule has 3 aromatic rings. The lowest BCUT2D eigenvalue weighted by Crippen LogP contribution is -2.20. The third-order valence-corrected chi connectivity index (χ3v) is 5.48. The largest absolute Gasteiger partial charge is 0.483 e. The van der Waals surface area contributed by atoms with E-state index < -0.39 is 0 Å². The van der Waals surface area contributed by atoms with E-state index in [9.17, 15) is 4.79 Å². The summed E-state index contributed by atoms with van der Waals surface area (Å²) in [6, 6.07) is 18.1. The monoisotopic (exact) mass is 364 g/mol. The Bertz CT molecular complexity index is 884. The van der Waals surface area contributed by atoms with Gasteiger partial charge in [-0.05, 0) is 36.5 Å². The topological polar surface area (TPSA) is 51.2 Å². The van der Waals surface area contributed by atoms with E-state index in [0.29, 0.717) is 5.13 Å². The Labute approximate surface area is 156 Å². The van der Waals surface area contributed by atoms with Crippen molar-refractivity contribution in [2.45, 2.75) is 25.7 Å². The number of aryl methyl sites for hydroxylation is 2. The Balaban J connectivity index is 1.37. The summed E-state index contributed by atoms with van der Waals surface area (Å²) in [7, 11) is 0. The molecule has 0 saturated carbocycles. The van der Waals surface area contributed by atoms with Crippen LogP contribution in [0.15, 0.2) is 54.6 Å². The van der Waals surface area contributed by atoms with E-state index in [1.165, 1.54) is 16.9 Å². The van der Waals surface area contributed by atoms with E-state index >= 15 is 0 Å². The lowest BCUT2D eigenvalue weighted by molar-refractivity contribution is -0.118. The van der Waals surface area contributed by atoms with Crippen molar-refractivity contribution in [1.82, 2.24) is 4.98 Å². The quantitative estimate of drug-likeness (QED) is 0.712. The van der Waals surface area contributed by atoms with Crippen molar-refractivity contribution < 1.29 is 9.53 Å². The van der Waals surface area contributed by atoms with Crippen molar-refractivity contribution in [2.24, 2.45) is 0 Å². The number of nitrogens with zero attached hydrogens (tertiary/aromatic N) is 1. The molecule has 2 aromatic carbocycles. The van der Waals surface area contributed by atoms with Gasteiger partial charge in [-0.1, -0.05) is 48.5 Å². The highest BCUT2D eigenvalue weighted by Gasteiger charge is 2.18. The molecule has 0 fully saturated rings. The van der Waals surface area contributed by atoms with Gasteiger partial charge in [0.15, 0.2) is 11.7 Å². The Kier molecular flexibility index (Phi) is 4.97. The van der Waals surface area contributed by atoms with Gasteiger partial charge in [0, 0.05) is 11.3 Å². The molecule has 0 saturated heterocycles. The molecule has 1 aliphatic rings. The van der Waals surface area contributed by atoms with Crippen LogP contribution in [0.1, 0.15) is 28.1 Å². The minimum atomic E-state index is -0.174. The first-order valence-electron chi connectivity index (χ1n) is 8.81. The number of rotatable bonds is 6. The van der Waals surface area contributed by atoms with Gasteiger partial charge in [-0.3, -0.25) is 10.1 Å². The summed E-state index contributed by atoms with van der Waals surface area (Å²) in [5.74, 6) is 0.570. The molecule has 0 unspecified atom stereocenters. The van der Waals surface area contributed by atoms with Gasteiger partial charge in [0.1, 0.15) is 5.75 Å². The number of para-hydroxylation sites is 1. The number of thiazole rings is 1. The molecular weight excluding hydrogens is 344 g/mol. The highest BCUT2D eigenvalue weighted by molar-refractivity contribution is 7.15. The second kappa shape index (κ2) is 7.70. The lowest BCUT2D eigenvalue weighted by Gasteiger charge is -2.11. The molecule has 4 rings (SSSR count). The summed E-state index contributed by atoms with van der Waals surface area (Å²) in [5, 5.41) is 3.54. The summed E-state index contributed by atoms with van der Waals surface area (Å²) >= 11 is 1.58. The van der Waals surface area contributed by atoms with Crippen LogP contribution >= 0.6 is 11.3 Å². The van der Waals surface area contributed by atoms with E-state index in [1.807, 2.05) is 42.5 Å². The molecule has 0 spiro atoms. The third kappa shape index (κ3) is 3.94. The standard InChI is InChI=1S/C21H20N2O2S/c24-20(23-21-22-17-10-6-12-19(17)26-21)14-25-18-11-5-4-9-16(18)13-15-7-2-1-3-8-15/h1-5,7-9,11H,6,10,12-14H2,(H,22,23,24). The van der Waals surface area contributed by atoms with E-state index in [1.54, 1.807) is 11.3 Å². The molecule has 0 atom stereocenters. The average molecular weight is 364 g/mol. The lowest BCUT2D eigenvalue weighted by atomic mass is 10.0. The number of aromatic nitrogens is 1. The van der Waals surface area contributed by atoms with Gasteiger partial charge in [-0.25, -0.2) is 4.98 Å². The number of ether oxygens (including phenoxy) is 1. The molecule has 1 aliphatic carbocycles. The van der Waals surface area contributed by atoms with Gasteiger partial charge in [-0.15, -0.1) is 11.3 Å². The predicted octanol–water partition coefficient (Wildman–Crippen LogP) is 4.24. The Hall–Kier alpha value is -2.66. The molecule has 5 heteroatoms. The van der Waals surface area contributed by atoms with Crippen molar-refractivity contribution in [3.8, 4) is 5.75 Å². The smallest absolute Gasteiger partial charge is 0.264 e. The fraction of sp³-hybridized carbons (Fsp3) is 0.238. The number of benzene rings is 2. The van der Waals surface area contributed by atoms with Gasteiger partial charge < -0.3 is 4.74 Å². The van der Waals surface area contributed by atoms with Crippen molar-refractivity contribution in [3.63, 3.8) is 0 Å². The van der Waals surface area contributed by atoms with E-state index in [-0.39, 0.29) is 12.5 Å². The molecule has 0 bridgehead atoms. The minimum absolute atomic E-state index is 0.0178. The second-order valence-corrected chi connectivity index (χ2v) is 7.43. The minimum Gasteiger partial charge on any atom is -0.483 e. The molecule has 1 N–H and O–H groups in total. The molecule has 1 aromatic heterocycles. The van der Waals surface area contributed by atoms with Crippen molar-refractivity contribution in [2.75, 3.05) is 11.9 Å². The fourth-order valence-electron chi connectivity index (χ4n) is 3.15. The van der Waals surface area contributed by atoms with Crippen molar-refractivity contribution in [1.29, 1.82) is 0 Å². The normalized spacial score (nSPS) is 12.6. The van der Waals surface area contributed by atoms with Crippen LogP contribution in [0, 0.1) is 0 Å². The first kappa shape index (κ1) is 16.8. The number of amides is 1. The van der Waals surface area contributed by atoms with Gasteiger partial charge in [0.2, 0.25) is 0 Å². The van der Waals surface area contributed by atoms with Crippen LogP contribution in [0.25, 0.3) is 0 Å². The van der Waals surface area contributed by atoms with Gasteiger partial charge in [0.25, 0.3) is 5.91 Å². The zero-order chi connectivity index (χ0) is 17.8. The number of hydrogen-bond acceptors (Lipinski definition) is 4. The molecule has 26 heavy (non-hydrogen) atoms. The van der Waals surface area contributed by atoms with Crippen LogP contribution in [-0.2, 0) is 24.1 Å². The van der Waals surface area contributed by atoms with Crippen molar-refractivity contribution >= 4 is 22.4 Å². The maximum atomic E-state index is 12.2. The van der Waals surface area contributed by atoms with E-state index in [2.05, 4.69) is 22.4 Å². The van der Waals surface area contributed by atoms with Crippen LogP contribution in [0.5, 0.6) is 5.75 Å². The Morgan fingerprint density at radius 1 is 1.08 bits per heavy atom. The zero-order valence-corrected chi connectivity index (χ0v) is 15.2. The van der Waals surface area contributed by atoms with Gasteiger partial charge in [-0.2, -0.15) is 0 Å². The van der Waals surface area contributed by atoms with Crippen LogP contribution in [0.2, 0.25) is 0 Å². The predicted molar refractivity (Wildman–Crippen MR) is 104 cm³/mol. The molecule has 1 amide bonds. The number of carbonyl (C=O) groups excluding carboxylic acids is 1. The molecule has 0 radical (unpaired) electrons. The van der Waals surface area contributed by atoms with Crippen LogP contribution in [-0.4, -0.2) is 17.5 Å². The van der Waals surface area contributed by atoms with Crippen LogP contribution in [0.4, 0.5) is 5.13 Å². The van der Waals surface area contributed by atoms with E-state index in [4.69, 9.17) is 4.74 Å². The number of carbonyl (C=O) groups is 1. The highest BCUT2D eigenvalue weighted by Crippen LogP contribution is 2.30. The molecule has 1 heterocycles. The maximum Gasteiger partial charge on any atom is 0.264 e. The number of anilines is 1. The van der Waals surface area contributed by atoms with E-state index in [0.717, 1.165) is 36.3 Å². The van der Waals surface area contributed by atoms with Crippen molar-refractivity contribution in [3.05, 3.63) is 76.3 Å². The number of nitrogens with one attached hydrogen (secondary N) is 1. The molecule has 0 aliphatic heterocycles. The van der Waals surface area contributed by atoms with Crippen LogP contribution < -0.4 is 10.1 Å². The number of fused-ring (bicyclic) bond motifs is 1. The first-order valence-corrected chi connectivity index (χ1v) is 9.62. The molecule has 4 nitrogen and oxygen atoms in total. The summed E-state index contributed by atoms with van der Waals surface area (Å²) in [6.07, 6.45) is 4.04. The van der Waals surface area contributed by atoms with Gasteiger partial charge >= 0.3 is 0 Å². The maximum absolute atomic E-state index is 12.2. The van der Waals surface area contributed by atoms with Gasteiger partial charge in [0.05, 0.1) is 5.69 Å². The number of hydrogen-bond donors (Lipinski definition) is 1. The molecular formula is C21H20N2O2S. The second-order valence-electron chi connectivity index (χ2n) is 6.35. The highest BCUT2D eigenvalue weighted by atomic mass is 32.1. The molecule has 132 valence electrons. The Morgan fingerprint density at radius 3 is 2.73 bits per heavy atom. The zero-order valence-electron chi connectivity index (χ0n) is 14.4.